The van der Waals surface area contributed by atoms with Crippen LogP contribution in [0.4, 0.5) is 5.69 Å². The molecule has 136 valence electrons. The Morgan fingerprint density at radius 2 is 1.77 bits per heavy atom. The van der Waals surface area contributed by atoms with E-state index in [4.69, 9.17) is 14.2 Å². The number of anilines is 1. The molecular weight excluding hydrogens is 330 g/mol. The van der Waals surface area contributed by atoms with Crippen LogP contribution < -0.4 is 14.8 Å². The summed E-state index contributed by atoms with van der Waals surface area (Å²) in [4.78, 5) is 12.1. The van der Waals surface area contributed by atoms with Gasteiger partial charge in [-0.05, 0) is 30.5 Å². The largest absolute Gasteiger partial charge is 0.448 e. The first kappa shape index (κ1) is 16.9. The first-order valence-electron chi connectivity index (χ1n) is 9.16. The number of carbonyl (C=O) groups is 1. The molecule has 2 aromatic carbocycles. The van der Waals surface area contributed by atoms with E-state index in [1.807, 2.05) is 48.5 Å². The molecule has 0 aromatic heterocycles. The van der Waals surface area contributed by atoms with Crippen molar-refractivity contribution in [1.29, 1.82) is 0 Å². The summed E-state index contributed by atoms with van der Waals surface area (Å²) >= 11 is 0. The first-order chi connectivity index (χ1) is 12.7. The van der Waals surface area contributed by atoms with Gasteiger partial charge in [-0.25, -0.2) is 0 Å². The third-order valence-electron chi connectivity index (χ3n) is 4.78. The molecule has 1 spiro atoms. The Bertz CT molecular complexity index is 769. The lowest BCUT2D eigenvalue weighted by Crippen LogP contribution is -2.40. The molecule has 5 heteroatoms. The second kappa shape index (κ2) is 7.38. The minimum atomic E-state index is -0.498. The lowest BCUT2D eigenvalue weighted by Gasteiger charge is -2.31. The second-order valence-corrected chi connectivity index (χ2v) is 6.86. The van der Waals surface area contributed by atoms with Crippen molar-refractivity contribution in [2.45, 2.75) is 44.5 Å². The number of ether oxygens (including phenoxy) is 3. The summed E-state index contributed by atoms with van der Waals surface area (Å²) < 4.78 is 17.6. The zero-order chi connectivity index (χ0) is 17.8. The fraction of sp³-hybridized carbons (Fsp3) is 0.381. The highest BCUT2D eigenvalue weighted by molar-refractivity contribution is 5.92. The van der Waals surface area contributed by atoms with Crippen LogP contribution in [0.15, 0.2) is 48.5 Å². The number of amides is 1. The van der Waals surface area contributed by atoms with Crippen LogP contribution in [0.3, 0.4) is 0 Å². The van der Waals surface area contributed by atoms with Gasteiger partial charge in [0.15, 0.2) is 11.5 Å². The molecule has 1 aliphatic carbocycles. The van der Waals surface area contributed by atoms with E-state index in [1.54, 1.807) is 0 Å². The van der Waals surface area contributed by atoms with Crippen molar-refractivity contribution in [3.05, 3.63) is 54.1 Å². The Balaban J connectivity index is 1.31. The molecule has 2 aliphatic rings. The van der Waals surface area contributed by atoms with Crippen molar-refractivity contribution in [2.24, 2.45) is 0 Å². The molecular formula is C21H23NO4. The molecule has 4 rings (SSSR count). The first-order valence-corrected chi connectivity index (χ1v) is 9.16. The summed E-state index contributed by atoms with van der Waals surface area (Å²) in [5.74, 6) is 0.773. The molecule has 0 saturated heterocycles. The molecule has 0 radical (unpaired) electrons. The van der Waals surface area contributed by atoms with Gasteiger partial charge in [0.2, 0.25) is 5.91 Å². The summed E-state index contributed by atoms with van der Waals surface area (Å²) in [6.45, 7) is 0.422. The van der Waals surface area contributed by atoms with Crippen LogP contribution in [0.25, 0.3) is 0 Å². The molecule has 1 N–H and O–H groups in total. The Morgan fingerprint density at radius 1 is 1.00 bits per heavy atom. The van der Waals surface area contributed by atoms with Crippen LogP contribution in [0.2, 0.25) is 0 Å². The maximum absolute atomic E-state index is 12.1. The fourth-order valence-electron chi connectivity index (χ4n) is 3.50. The molecule has 5 nitrogen and oxygen atoms in total. The number of fused-ring (bicyclic) bond motifs is 1. The van der Waals surface area contributed by atoms with Crippen molar-refractivity contribution < 1.29 is 19.0 Å². The van der Waals surface area contributed by atoms with Crippen LogP contribution in [0.1, 0.15) is 37.7 Å². The van der Waals surface area contributed by atoms with Crippen molar-refractivity contribution in [3.8, 4) is 11.5 Å². The summed E-state index contributed by atoms with van der Waals surface area (Å²) in [7, 11) is 0. The van der Waals surface area contributed by atoms with Crippen molar-refractivity contribution >= 4 is 11.6 Å². The summed E-state index contributed by atoms with van der Waals surface area (Å²) in [6.07, 6.45) is 5.30. The van der Waals surface area contributed by atoms with E-state index in [1.165, 1.54) is 6.42 Å². The lowest BCUT2D eigenvalue weighted by molar-refractivity contribution is -0.121. The molecule has 1 amide bonds. The molecule has 2 aromatic rings. The maximum Gasteiger partial charge on any atom is 0.251 e. The van der Waals surface area contributed by atoms with E-state index in [2.05, 4.69) is 5.32 Å². The smallest absolute Gasteiger partial charge is 0.251 e. The highest BCUT2D eigenvalue weighted by Gasteiger charge is 2.42. The average Bonchev–Trinajstić information content (AvgIpc) is 2.99. The molecule has 1 aliphatic heterocycles. The Morgan fingerprint density at radius 3 is 2.58 bits per heavy atom. The standard InChI is InChI=1S/C21H23NO4/c23-20(15-24-14-16-7-3-1-4-8-16)22-17-9-10-18-19(13-17)26-21(25-18)11-5-2-6-12-21/h1,3-4,7-10,13H,2,5-6,11-12,14-15H2,(H,22,23). The number of hydrogen-bond acceptors (Lipinski definition) is 4. The average molecular weight is 353 g/mol. The zero-order valence-electron chi connectivity index (χ0n) is 14.7. The maximum atomic E-state index is 12.1. The molecule has 1 heterocycles. The quantitative estimate of drug-likeness (QED) is 0.872. The van der Waals surface area contributed by atoms with E-state index < -0.39 is 5.79 Å². The summed E-state index contributed by atoms with van der Waals surface area (Å²) in [5, 5.41) is 2.85. The van der Waals surface area contributed by atoms with E-state index in [-0.39, 0.29) is 12.5 Å². The topological polar surface area (TPSA) is 56.8 Å². The molecule has 26 heavy (non-hydrogen) atoms. The van der Waals surface area contributed by atoms with E-state index in [0.717, 1.165) is 37.0 Å². The molecule has 0 bridgehead atoms. The minimum Gasteiger partial charge on any atom is -0.448 e. The SMILES string of the molecule is O=C(COCc1ccccc1)Nc1ccc2c(c1)OC1(CCCCC1)O2. The molecule has 1 saturated carbocycles. The number of carbonyl (C=O) groups excluding carboxylic acids is 1. The van der Waals surface area contributed by atoms with Gasteiger partial charge in [0, 0.05) is 24.6 Å². The van der Waals surface area contributed by atoms with E-state index in [0.29, 0.717) is 18.0 Å². The molecule has 1 fully saturated rings. The van der Waals surface area contributed by atoms with Gasteiger partial charge in [-0.15, -0.1) is 0 Å². The molecule has 0 unspecified atom stereocenters. The molecule has 0 atom stereocenters. The highest BCUT2D eigenvalue weighted by atomic mass is 16.7. The predicted molar refractivity (Wildman–Crippen MR) is 98.2 cm³/mol. The fourth-order valence-corrected chi connectivity index (χ4v) is 3.50. The number of hydrogen-bond donors (Lipinski definition) is 1. The second-order valence-electron chi connectivity index (χ2n) is 6.86. The van der Waals surface area contributed by atoms with E-state index >= 15 is 0 Å². The van der Waals surface area contributed by atoms with Crippen LogP contribution in [-0.2, 0) is 16.1 Å². The zero-order valence-corrected chi connectivity index (χ0v) is 14.7. The van der Waals surface area contributed by atoms with Crippen molar-refractivity contribution in [2.75, 3.05) is 11.9 Å². The lowest BCUT2D eigenvalue weighted by atomic mass is 9.94. The van der Waals surface area contributed by atoms with Gasteiger partial charge in [-0.1, -0.05) is 36.8 Å². The number of nitrogens with one attached hydrogen (secondary N) is 1. The third kappa shape index (κ3) is 3.83. The van der Waals surface area contributed by atoms with Gasteiger partial charge in [-0.2, -0.15) is 0 Å². The van der Waals surface area contributed by atoms with Crippen molar-refractivity contribution in [1.82, 2.24) is 0 Å². The monoisotopic (exact) mass is 353 g/mol. The van der Waals surface area contributed by atoms with Crippen molar-refractivity contribution in [3.63, 3.8) is 0 Å². The summed E-state index contributed by atoms with van der Waals surface area (Å²) in [6, 6.07) is 15.3. The van der Waals surface area contributed by atoms with Gasteiger partial charge in [0.25, 0.3) is 5.79 Å². The van der Waals surface area contributed by atoms with Gasteiger partial charge < -0.3 is 19.5 Å². The van der Waals surface area contributed by atoms with Crippen LogP contribution >= 0.6 is 0 Å². The van der Waals surface area contributed by atoms with E-state index in [9.17, 15) is 4.79 Å². The number of rotatable bonds is 5. The number of benzene rings is 2. The van der Waals surface area contributed by atoms with Gasteiger partial charge in [0.05, 0.1) is 6.61 Å². The third-order valence-corrected chi connectivity index (χ3v) is 4.78. The van der Waals surface area contributed by atoms with Gasteiger partial charge >= 0.3 is 0 Å². The predicted octanol–water partition coefficient (Wildman–Crippen LogP) is 4.27. The minimum absolute atomic E-state index is 0.00722. The Hall–Kier alpha value is -2.53. The Labute approximate surface area is 153 Å². The normalized spacial score (nSPS) is 17.2. The van der Waals surface area contributed by atoms with Crippen LogP contribution in [-0.4, -0.2) is 18.3 Å². The highest BCUT2D eigenvalue weighted by Crippen LogP contribution is 2.46. The Kier molecular flexibility index (Phi) is 4.80. The van der Waals surface area contributed by atoms with Crippen LogP contribution in [0, 0.1) is 0 Å². The van der Waals surface area contributed by atoms with Gasteiger partial charge in [-0.3, -0.25) is 4.79 Å². The summed E-state index contributed by atoms with van der Waals surface area (Å²) in [5.41, 5.74) is 1.73. The van der Waals surface area contributed by atoms with Gasteiger partial charge in [0.1, 0.15) is 6.61 Å². The van der Waals surface area contributed by atoms with Crippen LogP contribution in [0.5, 0.6) is 11.5 Å².